The summed E-state index contributed by atoms with van der Waals surface area (Å²) in [5.74, 6) is 1.58. The lowest BCUT2D eigenvalue weighted by Crippen LogP contribution is -2.02. The molecule has 0 amide bonds. The number of rotatable bonds is 2. The fourth-order valence-corrected chi connectivity index (χ4v) is 1.86. The van der Waals surface area contributed by atoms with Gasteiger partial charge >= 0.3 is 5.97 Å². The lowest BCUT2D eigenvalue weighted by atomic mass is 10.1. The van der Waals surface area contributed by atoms with Crippen molar-refractivity contribution in [2.75, 3.05) is 0 Å². The molecule has 0 saturated carbocycles. The standard InChI is InChI=1S/C14H10O4/c15-14(16)8-9-5-6-12-13(7-9)18-11-4-2-1-3-10(11)17-12/h1-7H,8H2,(H,15,16). The predicted molar refractivity (Wildman–Crippen MR) is 64.4 cm³/mol. The average Bonchev–Trinajstić information content (AvgIpc) is 2.35. The van der Waals surface area contributed by atoms with Crippen molar-refractivity contribution in [2.45, 2.75) is 6.42 Å². The number of fused-ring (bicyclic) bond motifs is 2. The molecule has 0 unspecified atom stereocenters. The quantitative estimate of drug-likeness (QED) is 0.749. The number of carboxylic acid groups (broad SMARTS) is 1. The molecular weight excluding hydrogens is 232 g/mol. The second kappa shape index (κ2) is 4.07. The molecule has 3 rings (SSSR count). The molecule has 0 aromatic heterocycles. The molecule has 1 aliphatic heterocycles. The first-order valence-electron chi connectivity index (χ1n) is 5.52. The Bertz CT molecular complexity index is 619. The Hall–Kier alpha value is -2.49. The van der Waals surface area contributed by atoms with Crippen LogP contribution in [-0.2, 0) is 11.2 Å². The largest absolute Gasteiger partial charge is 0.481 e. The lowest BCUT2D eigenvalue weighted by molar-refractivity contribution is -0.136. The number of para-hydroxylation sites is 2. The number of ether oxygens (including phenoxy) is 2. The molecule has 0 atom stereocenters. The molecule has 4 nitrogen and oxygen atoms in total. The van der Waals surface area contributed by atoms with E-state index in [1.54, 1.807) is 18.2 Å². The van der Waals surface area contributed by atoms with E-state index in [0.717, 1.165) is 0 Å². The number of aliphatic carboxylic acids is 1. The van der Waals surface area contributed by atoms with Crippen molar-refractivity contribution in [2.24, 2.45) is 0 Å². The Morgan fingerprint density at radius 3 is 2.22 bits per heavy atom. The van der Waals surface area contributed by atoms with E-state index in [9.17, 15) is 4.79 Å². The molecule has 0 fully saturated rings. The molecule has 1 aliphatic rings. The zero-order chi connectivity index (χ0) is 12.5. The minimum absolute atomic E-state index is 0.0295. The minimum Gasteiger partial charge on any atom is -0.481 e. The summed E-state index contributed by atoms with van der Waals surface area (Å²) >= 11 is 0. The van der Waals surface area contributed by atoms with Crippen LogP contribution in [0.3, 0.4) is 0 Å². The molecule has 1 heterocycles. The summed E-state index contributed by atoms with van der Waals surface area (Å²) in [4.78, 5) is 10.7. The van der Waals surface area contributed by atoms with E-state index in [-0.39, 0.29) is 6.42 Å². The van der Waals surface area contributed by atoms with Crippen molar-refractivity contribution in [3.63, 3.8) is 0 Å². The van der Waals surface area contributed by atoms with E-state index in [1.807, 2.05) is 24.3 Å². The van der Waals surface area contributed by atoms with Gasteiger partial charge in [-0.3, -0.25) is 4.79 Å². The van der Waals surface area contributed by atoms with Crippen LogP contribution in [0.2, 0.25) is 0 Å². The molecule has 0 aliphatic carbocycles. The van der Waals surface area contributed by atoms with Crippen LogP contribution in [0, 0.1) is 0 Å². The molecule has 0 saturated heterocycles. The molecule has 2 aromatic carbocycles. The molecule has 2 aromatic rings. The summed E-state index contributed by atoms with van der Waals surface area (Å²) in [7, 11) is 0. The van der Waals surface area contributed by atoms with Crippen molar-refractivity contribution in [3.8, 4) is 23.0 Å². The van der Waals surface area contributed by atoms with Gasteiger partial charge in [-0.2, -0.15) is 0 Å². The summed E-state index contributed by atoms with van der Waals surface area (Å²) in [6, 6.07) is 12.5. The Morgan fingerprint density at radius 2 is 1.56 bits per heavy atom. The van der Waals surface area contributed by atoms with Gasteiger partial charge in [-0.25, -0.2) is 0 Å². The van der Waals surface area contributed by atoms with Gasteiger partial charge in [0.15, 0.2) is 23.0 Å². The number of benzene rings is 2. The second-order valence-corrected chi connectivity index (χ2v) is 4.00. The number of hydrogen-bond donors (Lipinski definition) is 1. The van der Waals surface area contributed by atoms with Gasteiger partial charge in [0.05, 0.1) is 6.42 Å². The topological polar surface area (TPSA) is 55.8 Å². The molecule has 0 radical (unpaired) electrons. The normalized spacial score (nSPS) is 11.8. The predicted octanol–water partition coefficient (Wildman–Crippen LogP) is 3.21. The van der Waals surface area contributed by atoms with Crippen LogP contribution >= 0.6 is 0 Å². The highest BCUT2D eigenvalue weighted by Gasteiger charge is 2.18. The van der Waals surface area contributed by atoms with E-state index in [0.29, 0.717) is 28.6 Å². The van der Waals surface area contributed by atoms with Gasteiger partial charge in [0, 0.05) is 0 Å². The highest BCUT2D eigenvalue weighted by molar-refractivity contribution is 5.71. The molecule has 4 heteroatoms. The molecule has 1 N–H and O–H groups in total. The zero-order valence-electron chi connectivity index (χ0n) is 9.42. The van der Waals surface area contributed by atoms with E-state index < -0.39 is 5.97 Å². The highest BCUT2D eigenvalue weighted by Crippen LogP contribution is 2.45. The zero-order valence-corrected chi connectivity index (χ0v) is 9.42. The van der Waals surface area contributed by atoms with Crippen LogP contribution in [0.1, 0.15) is 5.56 Å². The van der Waals surface area contributed by atoms with Crippen LogP contribution in [-0.4, -0.2) is 11.1 Å². The Kier molecular flexibility index (Phi) is 2.41. The molecule has 0 bridgehead atoms. The average molecular weight is 242 g/mol. The third-order valence-electron chi connectivity index (χ3n) is 2.65. The fourth-order valence-electron chi connectivity index (χ4n) is 1.86. The first kappa shape index (κ1) is 10.7. The Morgan fingerprint density at radius 1 is 0.944 bits per heavy atom. The second-order valence-electron chi connectivity index (χ2n) is 4.00. The number of carbonyl (C=O) groups is 1. The van der Waals surface area contributed by atoms with Gasteiger partial charge in [-0.1, -0.05) is 18.2 Å². The highest BCUT2D eigenvalue weighted by atomic mass is 16.6. The molecular formula is C14H10O4. The van der Waals surface area contributed by atoms with Crippen molar-refractivity contribution < 1.29 is 19.4 Å². The third kappa shape index (κ3) is 1.88. The molecule has 18 heavy (non-hydrogen) atoms. The van der Waals surface area contributed by atoms with E-state index in [2.05, 4.69) is 0 Å². The van der Waals surface area contributed by atoms with Crippen molar-refractivity contribution in [1.29, 1.82) is 0 Å². The van der Waals surface area contributed by atoms with Crippen molar-refractivity contribution in [1.82, 2.24) is 0 Å². The SMILES string of the molecule is O=C(O)Cc1ccc2c(c1)Oc1ccccc1O2. The fraction of sp³-hybridized carbons (Fsp3) is 0.0714. The summed E-state index contributed by atoms with van der Waals surface area (Å²) in [5.41, 5.74) is 0.684. The molecule has 0 spiro atoms. The van der Waals surface area contributed by atoms with Gasteiger partial charge in [0.25, 0.3) is 0 Å². The Labute approximate surface area is 103 Å². The monoisotopic (exact) mass is 242 g/mol. The van der Waals surface area contributed by atoms with E-state index >= 15 is 0 Å². The van der Waals surface area contributed by atoms with Gasteiger partial charge in [0.1, 0.15) is 0 Å². The third-order valence-corrected chi connectivity index (χ3v) is 2.65. The maximum Gasteiger partial charge on any atom is 0.307 e. The molecule has 90 valence electrons. The van der Waals surface area contributed by atoms with Crippen LogP contribution < -0.4 is 9.47 Å². The number of hydrogen-bond acceptors (Lipinski definition) is 3. The van der Waals surface area contributed by atoms with Crippen molar-refractivity contribution in [3.05, 3.63) is 48.0 Å². The van der Waals surface area contributed by atoms with Gasteiger partial charge in [-0.05, 0) is 29.8 Å². The van der Waals surface area contributed by atoms with Gasteiger partial charge < -0.3 is 14.6 Å². The summed E-state index contributed by atoms with van der Waals surface area (Å²) in [6.07, 6.45) is -0.0295. The van der Waals surface area contributed by atoms with Crippen LogP contribution in [0.25, 0.3) is 0 Å². The van der Waals surface area contributed by atoms with Crippen LogP contribution in [0.15, 0.2) is 42.5 Å². The van der Waals surface area contributed by atoms with E-state index in [1.165, 1.54) is 0 Å². The van der Waals surface area contributed by atoms with E-state index in [4.69, 9.17) is 14.6 Å². The summed E-state index contributed by atoms with van der Waals surface area (Å²) in [6.45, 7) is 0. The van der Waals surface area contributed by atoms with Crippen LogP contribution in [0.4, 0.5) is 0 Å². The maximum absolute atomic E-state index is 10.7. The Balaban J connectivity index is 1.96. The smallest absolute Gasteiger partial charge is 0.307 e. The minimum atomic E-state index is -0.868. The summed E-state index contributed by atoms with van der Waals surface area (Å²) in [5, 5.41) is 8.76. The first-order valence-corrected chi connectivity index (χ1v) is 5.52. The lowest BCUT2D eigenvalue weighted by Gasteiger charge is -2.20. The number of carboxylic acids is 1. The van der Waals surface area contributed by atoms with Crippen LogP contribution in [0.5, 0.6) is 23.0 Å². The van der Waals surface area contributed by atoms with Crippen molar-refractivity contribution >= 4 is 5.97 Å². The summed E-state index contributed by atoms with van der Waals surface area (Å²) < 4.78 is 11.3. The van der Waals surface area contributed by atoms with Gasteiger partial charge in [-0.15, -0.1) is 0 Å². The first-order chi connectivity index (χ1) is 8.72. The van der Waals surface area contributed by atoms with Gasteiger partial charge in [0.2, 0.25) is 0 Å². The maximum atomic E-state index is 10.7.